The van der Waals surface area contributed by atoms with Gasteiger partial charge in [-0.25, -0.2) is 4.98 Å². The highest BCUT2D eigenvalue weighted by atomic mass is 16.3. The lowest BCUT2D eigenvalue weighted by atomic mass is 10.1. The van der Waals surface area contributed by atoms with Gasteiger partial charge in [0.1, 0.15) is 11.8 Å². The number of rotatable bonds is 2. The minimum Gasteiger partial charge on any atom is -0.506 e. The van der Waals surface area contributed by atoms with E-state index < -0.39 is 0 Å². The number of hydrogen-bond donors (Lipinski definition) is 2. The number of anilines is 1. The van der Waals surface area contributed by atoms with Crippen molar-refractivity contribution in [3.63, 3.8) is 0 Å². The summed E-state index contributed by atoms with van der Waals surface area (Å²) in [5, 5.41) is 23.0. The first-order chi connectivity index (χ1) is 13.0. The fraction of sp³-hybridized carbons (Fsp3) is 0.0952. The summed E-state index contributed by atoms with van der Waals surface area (Å²) >= 11 is 0. The third-order valence-electron chi connectivity index (χ3n) is 4.63. The molecule has 2 aromatic carbocycles. The number of hydrogen-bond acceptors (Lipinski definition) is 5. The maximum absolute atomic E-state index is 13.1. The summed E-state index contributed by atoms with van der Waals surface area (Å²) in [6.45, 7) is 3.63. The number of phenolic OH excluding ortho intramolecular Hbond substituents is 1. The second kappa shape index (κ2) is 6.15. The third kappa shape index (κ3) is 2.57. The van der Waals surface area contributed by atoms with Gasteiger partial charge in [0.25, 0.3) is 5.56 Å². The number of pyridine rings is 1. The predicted molar refractivity (Wildman–Crippen MR) is 105 cm³/mol. The molecule has 0 saturated heterocycles. The Hall–Kier alpha value is -3.85. The summed E-state index contributed by atoms with van der Waals surface area (Å²) in [7, 11) is 0. The van der Waals surface area contributed by atoms with Gasteiger partial charge in [-0.15, -0.1) is 0 Å². The fourth-order valence-corrected chi connectivity index (χ4v) is 3.20. The van der Waals surface area contributed by atoms with Crippen LogP contribution in [-0.2, 0) is 0 Å². The van der Waals surface area contributed by atoms with Crippen molar-refractivity contribution in [1.29, 1.82) is 5.26 Å². The topological polar surface area (TPSA) is 90.4 Å². The lowest BCUT2D eigenvalue weighted by molar-refractivity contribution is 0.477. The SMILES string of the molecule is Cc1ccc(O)c(NC=c2c(C)c(C#N)c3nc4ccccc4n3c2=O)c1. The number of fused-ring (bicyclic) bond motifs is 3. The van der Waals surface area contributed by atoms with Crippen LogP contribution in [0, 0.1) is 25.2 Å². The van der Waals surface area contributed by atoms with Crippen LogP contribution in [-0.4, -0.2) is 14.5 Å². The molecule has 0 aliphatic heterocycles. The average Bonchev–Trinajstić information content (AvgIpc) is 3.04. The van der Waals surface area contributed by atoms with Crippen LogP contribution in [0.3, 0.4) is 0 Å². The number of aromatic nitrogens is 2. The minimum absolute atomic E-state index is 0.0802. The van der Waals surface area contributed by atoms with Crippen LogP contribution >= 0.6 is 0 Å². The Morgan fingerprint density at radius 2 is 2.00 bits per heavy atom. The van der Waals surface area contributed by atoms with Gasteiger partial charge < -0.3 is 10.4 Å². The summed E-state index contributed by atoms with van der Waals surface area (Å²) in [5.74, 6) is 0.0802. The van der Waals surface area contributed by atoms with Gasteiger partial charge in [0, 0.05) is 6.20 Å². The van der Waals surface area contributed by atoms with Gasteiger partial charge in [-0.1, -0.05) is 18.2 Å². The molecule has 4 aromatic rings. The summed E-state index contributed by atoms with van der Waals surface area (Å²) in [4.78, 5) is 17.6. The summed E-state index contributed by atoms with van der Waals surface area (Å²) in [6, 6.07) is 14.6. The zero-order valence-corrected chi connectivity index (χ0v) is 14.8. The molecule has 0 bridgehead atoms. The van der Waals surface area contributed by atoms with Crippen LogP contribution in [0.1, 0.15) is 16.7 Å². The van der Waals surface area contributed by atoms with Gasteiger partial charge in [-0.05, 0) is 49.2 Å². The first-order valence-corrected chi connectivity index (χ1v) is 8.41. The van der Waals surface area contributed by atoms with Gasteiger partial charge >= 0.3 is 0 Å². The molecule has 0 aliphatic rings. The molecule has 2 N–H and O–H groups in total. The van der Waals surface area contributed by atoms with Crippen LogP contribution in [0.4, 0.5) is 5.69 Å². The highest BCUT2D eigenvalue weighted by molar-refractivity contribution is 5.82. The molecule has 2 aromatic heterocycles. The number of phenols is 1. The normalized spacial score (nSPS) is 11.8. The van der Waals surface area contributed by atoms with Crippen molar-refractivity contribution in [2.24, 2.45) is 0 Å². The van der Waals surface area contributed by atoms with Crippen molar-refractivity contribution in [3.8, 4) is 11.8 Å². The van der Waals surface area contributed by atoms with E-state index in [2.05, 4.69) is 16.4 Å². The predicted octanol–water partition coefficient (Wildman–Crippen LogP) is 2.61. The monoisotopic (exact) mass is 356 g/mol. The molecule has 0 radical (unpaired) electrons. The van der Waals surface area contributed by atoms with Gasteiger partial charge in [0.2, 0.25) is 0 Å². The third-order valence-corrected chi connectivity index (χ3v) is 4.63. The number of para-hydroxylation sites is 2. The van der Waals surface area contributed by atoms with E-state index in [0.717, 1.165) is 5.56 Å². The number of aryl methyl sites for hydroxylation is 1. The maximum atomic E-state index is 13.1. The highest BCUT2D eigenvalue weighted by Crippen LogP contribution is 2.24. The van der Waals surface area contributed by atoms with Gasteiger partial charge in [0.05, 0.1) is 27.5 Å². The Morgan fingerprint density at radius 1 is 1.22 bits per heavy atom. The zero-order valence-electron chi connectivity index (χ0n) is 14.8. The quantitative estimate of drug-likeness (QED) is 0.539. The smallest absolute Gasteiger partial charge is 0.265 e. The Morgan fingerprint density at radius 3 is 2.78 bits per heavy atom. The van der Waals surface area contributed by atoms with E-state index in [0.29, 0.717) is 38.7 Å². The Bertz CT molecular complexity index is 1360. The molecule has 132 valence electrons. The highest BCUT2D eigenvalue weighted by Gasteiger charge is 2.16. The number of nitrogens with one attached hydrogen (secondary N) is 1. The molecular formula is C21H16N4O2. The van der Waals surface area contributed by atoms with Crippen molar-refractivity contribution in [1.82, 2.24) is 9.38 Å². The van der Waals surface area contributed by atoms with Crippen molar-refractivity contribution in [2.45, 2.75) is 13.8 Å². The molecule has 0 spiro atoms. The van der Waals surface area contributed by atoms with Gasteiger partial charge in [-0.2, -0.15) is 5.26 Å². The lowest BCUT2D eigenvalue weighted by Gasteiger charge is -2.06. The van der Waals surface area contributed by atoms with Gasteiger partial charge in [0.15, 0.2) is 5.65 Å². The van der Waals surface area contributed by atoms with E-state index in [1.165, 1.54) is 10.6 Å². The Balaban J connectivity index is 2.03. The molecule has 4 rings (SSSR count). The molecule has 2 heterocycles. The van der Waals surface area contributed by atoms with Crippen LogP contribution < -0.4 is 16.1 Å². The van der Waals surface area contributed by atoms with Crippen molar-refractivity contribution < 1.29 is 5.11 Å². The van der Waals surface area contributed by atoms with E-state index in [1.54, 1.807) is 31.2 Å². The molecular weight excluding hydrogens is 340 g/mol. The first kappa shape index (κ1) is 16.6. The largest absolute Gasteiger partial charge is 0.506 e. The second-order valence-electron chi connectivity index (χ2n) is 6.40. The van der Waals surface area contributed by atoms with Crippen LogP contribution in [0.2, 0.25) is 0 Å². The van der Waals surface area contributed by atoms with E-state index in [4.69, 9.17) is 0 Å². The molecule has 0 aliphatic carbocycles. The number of nitriles is 1. The van der Waals surface area contributed by atoms with E-state index in [9.17, 15) is 15.2 Å². The standard InChI is InChI=1S/C21H16N4O2/c1-12-7-8-19(26)17(9-12)23-11-15-13(2)14(10-22)20-24-16-5-3-4-6-18(16)25(20)21(15)27/h3-9,11,23,26H,1-2H3. The summed E-state index contributed by atoms with van der Waals surface area (Å²) in [5.41, 5.74) is 3.76. The molecule has 0 unspecified atom stereocenters. The molecule has 0 amide bonds. The number of nitrogens with zero attached hydrogens (tertiary/aromatic N) is 3. The Labute approximate surface area is 154 Å². The maximum Gasteiger partial charge on any atom is 0.265 e. The molecule has 6 heteroatoms. The second-order valence-corrected chi connectivity index (χ2v) is 6.40. The minimum atomic E-state index is -0.269. The van der Waals surface area contributed by atoms with Crippen molar-refractivity contribution >= 4 is 28.6 Å². The lowest BCUT2D eigenvalue weighted by Crippen LogP contribution is -2.34. The molecule has 6 nitrogen and oxygen atoms in total. The van der Waals surface area contributed by atoms with Crippen LogP contribution in [0.25, 0.3) is 22.9 Å². The molecule has 27 heavy (non-hydrogen) atoms. The average molecular weight is 356 g/mol. The van der Waals surface area contributed by atoms with E-state index >= 15 is 0 Å². The summed E-state index contributed by atoms with van der Waals surface area (Å²) < 4.78 is 1.46. The van der Waals surface area contributed by atoms with Crippen LogP contribution in [0.15, 0.2) is 47.3 Å². The fourth-order valence-electron chi connectivity index (χ4n) is 3.20. The number of imidazole rings is 1. The van der Waals surface area contributed by atoms with E-state index in [1.807, 2.05) is 25.1 Å². The molecule has 0 fully saturated rings. The first-order valence-electron chi connectivity index (χ1n) is 8.41. The van der Waals surface area contributed by atoms with Crippen molar-refractivity contribution in [2.75, 3.05) is 5.32 Å². The van der Waals surface area contributed by atoms with Crippen molar-refractivity contribution in [3.05, 3.63) is 74.7 Å². The number of aromatic hydroxyl groups is 1. The summed E-state index contributed by atoms with van der Waals surface area (Å²) in [6.07, 6.45) is 1.53. The molecule has 0 saturated carbocycles. The zero-order chi connectivity index (χ0) is 19.1. The van der Waals surface area contributed by atoms with Gasteiger partial charge in [-0.3, -0.25) is 9.20 Å². The Kier molecular flexibility index (Phi) is 3.78. The van der Waals surface area contributed by atoms with Crippen LogP contribution in [0.5, 0.6) is 5.75 Å². The number of benzene rings is 2. The van der Waals surface area contributed by atoms with E-state index in [-0.39, 0.29) is 11.3 Å². The molecule has 0 atom stereocenters.